The Morgan fingerprint density at radius 2 is 2.31 bits per heavy atom. The van der Waals surface area contributed by atoms with Gasteiger partial charge in [0.05, 0.1) is 12.7 Å². The van der Waals surface area contributed by atoms with Gasteiger partial charge in [-0.1, -0.05) is 6.07 Å². The van der Waals surface area contributed by atoms with Crippen molar-refractivity contribution in [3.63, 3.8) is 0 Å². The third kappa shape index (κ3) is 1.99. The minimum Gasteiger partial charge on any atom is -0.465 e. The number of benzene rings is 1. The molecule has 16 heavy (non-hydrogen) atoms. The monoisotopic (exact) mass is 280 g/mol. The highest BCUT2D eigenvalue weighted by Crippen LogP contribution is 2.16. The third-order valence-corrected chi connectivity index (χ3v) is 2.73. The number of hydrogen-bond acceptors (Lipinski definition) is 3. The number of ether oxygens (including phenoxy) is 1. The van der Waals surface area contributed by atoms with E-state index in [4.69, 9.17) is 0 Å². The van der Waals surface area contributed by atoms with Crippen LogP contribution in [-0.2, 0) is 4.74 Å². The summed E-state index contributed by atoms with van der Waals surface area (Å²) < 4.78 is 7.18. The Bertz CT molecular complexity index is 522. The summed E-state index contributed by atoms with van der Waals surface area (Å²) in [5.74, 6) is -0.349. The second kappa shape index (κ2) is 4.49. The molecule has 0 radical (unpaired) electrons. The molecule has 5 heteroatoms. The Morgan fingerprint density at radius 3 is 2.94 bits per heavy atom. The lowest BCUT2D eigenvalue weighted by Gasteiger charge is -2.05. The van der Waals surface area contributed by atoms with Crippen LogP contribution in [0.5, 0.6) is 0 Å². The highest BCUT2D eigenvalue weighted by molar-refractivity contribution is 9.10. The van der Waals surface area contributed by atoms with Gasteiger partial charge in [0.15, 0.2) is 4.73 Å². The van der Waals surface area contributed by atoms with Crippen molar-refractivity contribution in [3.8, 4) is 5.69 Å². The summed E-state index contributed by atoms with van der Waals surface area (Å²) >= 11 is 3.32. The summed E-state index contributed by atoms with van der Waals surface area (Å²) in [6.07, 6.45) is 3.48. The summed E-state index contributed by atoms with van der Waals surface area (Å²) in [7, 11) is 1.36. The van der Waals surface area contributed by atoms with Crippen LogP contribution in [0.4, 0.5) is 0 Å². The Balaban J connectivity index is 2.44. The van der Waals surface area contributed by atoms with Crippen molar-refractivity contribution in [2.75, 3.05) is 7.11 Å². The Labute approximate surface area is 101 Å². The molecule has 1 aromatic heterocycles. The molecular weight excluding hydrogens is 272 g/mol. The molecule has 0 fully saturated rings. The maximum Gasteiger partial charge on any atom is 0.337 e. The summed E-state index contributed by atoms with van der Waals surface area (Å²) in [5.41, 5.74) is 1.37. The summed E-state index contributed by atoms with van der Waals surface area (Å²) in [5, 5.41) is 0. The molecular formula is C11H9BrN2O2. The first-order chi connectivity index (χ1) is 7.72. The first-order valence-corrected chi connectivity index (χ1v) is 5.39. The molecule has 0 saturated carbocycles. The molecule has 1 heterocycles. The number of carbonyl (C=O) groups is 1. The normalized spacial score (nSPS) is 10.1. The van der Waals surface area contributed by atoms with Gasteiger partial charge in [0.1, 0.15) is 0 Å². The van der Waals surface area contributed by atoms with Crippen molar-refractivity contribution in [2.24, 2.45) is 0 Å². The molecule has 0 spiro atoms. The minimum atomic E-state index is -0.349. The van der Waals surface area contributed by atoms with Gasteiger partial charge in [-0.25, -0.2) is 9.78 Å². The zero-order valence-corrected chi connectivity index (χ0v) is 10.1. The van der Waals surface area contributed by atoms with E-state index in [1.54, 1.807) is 30.6 Å². The van der Waals surface area contributed by atoms with E-state index in [1.807, 2.05) is 10.6 Å². The van der Waals surface area contributed by atoms with Gasteiger partial charge in [0.2, 0.25) is 0 Å². The average Bonchev–Trinajstić information content (AvgIpc) is 2.74. The molecule has 0 bridgehead atoms. The number of halogens is 1. The van der Waals surface area contributed by atoms with Gasteiger partial charge in [0, 0.05) is 18.1 Å². The second-order valence-corrected chi connectivity index (χ2v) is 3.82. The first-order valence-electron chi connectivity index (χ1n) is 4.60. The molecule has 4 nitrogen and oxygen atoms in total. The fraction of sp³-hybridized carbons (Fsp3) is 0.0909. The van der Waals surface area contributed by atoms with E-state index in [2.05, 4.69) is 25.7 Å². The summed E-state index contributed by atoms with van der Waals surface area (Å²) in [6.45, 7) is 0. The molecule has 2 rings (SSSR count). The van der Waals surface area contributed by atoms with Crippen molar-refractivity contribution in [3.05, 3.63) is 47.0 Å². The number of imidazole rings is 1. The molecule has 0 aliphatic rings. The molecule has 1 aromatic carbocycles. The van der Waals surface area contributed by atoms with Crippen LogP contribution in [0, 0.1) is 0 Å². The number of esters is 1. The predicted molar refractivity (Wildman–Crippen MR) is 62.6 cm³/mol. The minimum absolute atomic E-state index is 0.349. The number of methoxy groups -OCH3 is 1. The van der Waals surface area contributed by atoms with Crippen molar-refractivity contribution < 1.29 is 9.53 Å². The lowest BCUT2D eigenvalue weighted by Crippen LogP contribution is -2.02. The number of carbonyl (C=O) groups excluding carboxylic acids is 1. The molecule has 0 aliphatic carbocycles. The lowest BCUT2D eigenvalue weighted by molar-refractivity contribution is 0.0600. The van der Waals surface area contributed by atoms with Crippen LogP contribution in [0.1, 0.15) is 10.4 Å². The van der Waals surface area contributed by atoms with Gasteiger partial charge < -0.3 is 4.74 Å². The smallest absolute Gasteiger partial charge is 0.337 e. The second-order valence-electron chi connectivity index (χ2n) is 3.11. The molecule has 0 amide bonds. The van der Waals surface area contributed by atoms with Gasteiger partial charge in [-0.05, 0) is 34.1 Å². The summed E-state index contributed by atoms with van der Waals surface area (Å²) in [6, 6.07) is 7.14. The first kappa shape index (κ1) is 10.9. The molecule has 0 aliphatic heterocycles. The van der Waals surface area contributed by atoms with Crippen molar-refractivity contribution >= 4 is 21.9 Å². The number of rotatable bonds is 2. The van der Waals surface area contributed by atoms with Gasteiger partial charge in [-0.15, -0.1) is 0 Å². The van der Waals surface area contributed by atoms with Crippen molar-refractivity contribution in [2.45, 2.75) is 0 Å². The largest absolute Gasteiger partial charge is 0.465 e. The van der Waals surface area contributed by atoms with Gasteiger partial charge in [0.25, 0.3) is 0 Å². The van der Waals surface area contributed by atoms with E-state index in [0.717, 1.165) is 5.69 Å². The molecule has 0 unspecified atom stereocenters. The fourth-order valence-electron chi connectivity index (χ4n) is 1.38. The van der Waals surface area contributed by atoms with E-state index in [1.165, 1.54) is 7.11 Å². The molecule has 0 atom stereocenters. The van der Waals surface area contributed by atoms with E-state index >= 15 is 0 Å². The van der Waals surface area contributed by atoms with Crippen LogP contribution in [0.2, 0.25) is 0 Å². The SMILES string of the molecule is COC(=O)c1cccc(-n2ccnc2Br)c1. The standard InChI is InChI=1S/C11H9BrN2O2/c1-16-10(15)8-3-2-4-9(7-8)14-6-5-13-11(14)12/h2-7H,1H3. The van der Waals surface area contributed by atoms with E-state index < -0.39 is 0 Å². The van der Waals surface area contributed by atoms with Crippen LogP contribution < -0.4 is 0 Å². The van der Waals surface area contributed by atoms with Gasteiger partial charge in [-0.3, -0.25) is 4.57 Å². The quantitative estimate of drug-likeness (QED) is 0.794. The van der Waals surface area contributed by atoms with E-state index in [9.17, 15) is 4.79 Å². The maximum atomic E-state index is 11.4. The number of nitrogens with zero attached hydrogens (tertiary/aromatic N) is 2. The zero-order chi connectivity index (χ0) is 11.5. The molecule has 0 saturated heterocycles. The fourth-order valence-corrected chi connectivity index (χ4v) is 1.82. The van der Waals surface area contributed by atoms with Crippen LogP contribution in [0.3, 0.4) is 0 Å². The zero-order valence-electron chi connectivity index (χ0n) is 8.55. The lowest BCUT2D eigenvalue weighted by atomic mass is 10.2. The van der Waals surface area contributed by atoms with Crippen LogP contribution in [0.15, 0.2) is 41.4 Å². The van der Waals surface area contributed by atoms with Gasteiger partial charge in [-0.2, -0.15) is 0 Å². The maximum absolute atomic E-state index is 11.4. The third-order valence-electron chi connectivity index (χ3n) is 2.14. The van der Waals surface area contributed by atoms with Crippen LogP contribution in [-0.4, -0.2) is 22.6 Å². The van der Waals surface area contributed by atoms with Crippen LogP contribution >= 0.6 is 15.9 Å². The number of hydrogen-bond donors (Lipinski definition) is 0. The summed E-state index contributed by atoms with van der Waals surface area (Å²) in [4.78, 5) is 15.4. The highest BCUT2D eigenvalue weighted by atomic mass is 79.9. The van der Waals surface area contributed by atoms with Crippen molar-refractivity contribution in [1.82, 2.24) is 9.55 Å². The van der Waals surface area contributed by atoms with Crippen LogP contribution in [0.25, 0.3) is 5.69 Å². The Hall–Kier alpha value is -1.62. The Morgan fingerprint density at radius 1 is 1.50 bits per heavy atom. The van der Waals surface area contributed by atoms with E-state index in [-0.39, 0.29) is 5.97 Å². The molecule has 0 N–H and O–H groups in total. The van der Waals surface area contributed by atoms with Crippen molar-refractivity contribution in [1.29, 1.82) is 0 Å². The topological polar surface area (TPSA) is 44.1 Å². The highest BCUT2D eigenvalue weighted by Gasteiger charge is 2.07. The molecule has 82 valence electrons. The Kier molecular flexibility index (Phi) is 3.05. The average molecular weight is 281 g/mol. The number of aromatic nitrogens is 2. The predicted octanol–water partition coefficient (Wildman–Crippen LogP) is 2.42. The van der Waals surface area contributed by atoms with E-state index in [0.29, 0.717) is 10.3 Å². The van der Waals surface area contributed by atoms with Gasteiger partial charge >= 0.3 is 5.97 Å². The molecule has 2 aromatic rings.